The third-order valence-electron chi connectivity index (χ3n) is 2.94. The second-order valence-electron chi connectivity index (χ2n) is 4.36. The van der Waals surface area contributed by atoms with Gasteiger partial charge in [0.15, 0.2) is 0 Å². The number of nitriles is 1. The summed E-state index contributed by atoms with van der Waals surface area (Å²) in [6.07, 6.45) is 0.405. The molecule has 0 fully saturated rings. The molecule has 108 valence electrons. The smallest absolute Gasteiger partial charge is 0.102 e. The van der Waals surface area contributed by atoms with Crippen LogP contribution in [-0.2, 0) is 6.42 Å². The molecule has 22 heavy (non-hydrogen) atoms. The molecular weight excluding hydrogens is 348 g/mol. The molecule has 0 aliphatic carbocycles. The highest BCUT2D eigenvalue weighted by molar-refractivity contribution is 8.35. The minimum atomic E-state index is 0.243. The summed E-state index contributed by atoms with van der Waals surface area (Å²) in [5.74, 6) is 1.93. The lowest BCUT2D eigenvalue weighted by molar-refractivity contribution is 1.22. The molecule has 0 atom stereocenters. The lowest BCUT2D eigenvalue weighted by Crippen LogP contribution is -1.89. The maximum Gasteiger partial charge on any atom is 0.102 e. The lowest BCUT2D eigenvalue weighted by Gasteiger charge is -2.05. The molecule has 2 heterocycles. The van der Waals surface area contributed by atoms with Crippen molar-refractivity contribution in [3.8, 4) is 6.07 Å². The SMILES string of the molecule is N#CC(=C=[N-])Cc1ccc(C2=CSC(=C3SC=CS3)S2)cc1. The van der Waals surface area contributed by atoms with Crippen LogP contribution >= 0.6 is 47.0 Å². The van der Waals surface area contributed by atoms with Gasteiger partial charge in [-0.1, -0.05) is 71.3 Å². The van der Waals surface area contributed by atoms with E-state index in [9.17, 15) is 0 Å². The molecule has 0 saturated heterocycles. The molecule has 2 aliphatic heterocycles. The highest BCUT2D eigenvalue weighted by Gasteiger charge is 2.19. The number of benzene rings is 1. The van der Waals surface area contributed by atoms with Gasteiger partial charge in [0.25, 0.3) is 0 Å². The Morgan fingerprint density at radius 1 is 1.05 bits per heavy atom. The minimum Gasteiger partial charge on any atom is -0.762 e. The average molecular weight is 358 g/mol. The van der Waals surface area contributed by atoms with Gasteiger partial charge in [-0.15, -0.1) is 0 Å². The first-order valence-electron chi connectivity index (χ1n) is 6.33. The Bertz CT molecular complexity index is 765. The van der Waals surface area contributed by atoms with Crippen LogP contribution in [0.1, 0.15) is 11.1 Å². The average Bonchev–Trinajstić information content (AvgIpc) is 3.24. The van der Waals surface area contributed by atoms with Gasteiger partial charge >= 0.3 is 0 Å². The van der Waals surface area contributed by atoms with E-state index in [-0.39, 0.29) is 5.57 Å². The maximum atomic E-state index is 8.81. The lowest BCUT2D eigenvalue weighted by atomic mass is 10.1. The zero-order valence-electron chi connectivity index (χ0n) is 11.3. The second-order valence-corrected chi connectivity index (χ2v) is 8.64. The summed E-state index contributed by atoms with van der Waals surface area (Å²) < 4.78 is 2.68. The van der Waals surface area contributed by atoms with E-state index in [0.29, 0.717) is 6.42 Å². The van der Waals surface area contributed by atoms with Gasteiger partial charge in [-0.3, -0.25) is 5.87 Å². The molecule has 0 unspecified atom stereocenters. The topological polar surface area (TPSA) is 46.1 Å². The first kappa shape index (κ1) is 15.7. The molecule has 0 N–H and O–H groups in total. The predicted molar refractivity (Wildman–Crippen MR) is 102 cm³/mol. The van der Waals surface area contributed by atoms with E-state index in [0.717, 1.165) is 5.56 Å². The van der Waals surface area contributed by atoms with Gasteiger partial charge in [-0.05, 0) is 27.4 Å². The van der Waals surface area contributed by atoms with Crippen molar-refractivity contribution in [1.29, 1.82) is 5.26 Å². The molecule has 0 aromatic heterocycles. The summed E-state index contributed by atoms with van der Waals surface area (Å²) in [7, 11) is 0. The zero-order chi connectivity index (χ0) is 15.4. The number of thioether (sulfide) groups is 4. The van der Waals surface area contributed by atoms with Crippen LogP contribution in [0.15, 0.2) is 54.5 Å². The van der Waals surface area contributed by atoms with Gasteiger partial charge in [0.2, 0.25) is 0 Å². The normalized spacial score (nSPS) is 16.4. The van der Waals surface area contributed by atoms with Gasteiger partial charge in [0.05, 0.1) is 14.0 Å². The van der Waals surface area contributed by atoms with E-state index in [4.69, 9.17) is 10.7 Å². The summed E-state index contributed by atoms with van der Waals surface area (Å²) in [6, 6.07) is 10.0. The third kappa shape index (κ3) is 3.57. The Kier molecular flexibility index (Phi) is 5.24. The fraction of sp³-hybridized carbons (Fsp3) is 0.0625. The van der Waals surface area contributed by atoms with Crippen molar-refractivity contribution in [3.63, 3.8) is 0 Å². The van der Waals surface area contributed by atoms with E-state index < -0.39 is 0 Å². The Balaban J connectivity index is 1.71. The number of hydrogen-bond donors (Lipinski definition) is 0. The second kappa shape index (κ2) is 7.36. The van der Waals surface area contributed by atoms with E-state index in [1.165, 1.54) is 18.9 Å². The first-order chi connectivity index (χ1) is 10.8. The largest absolute Gasteiger partial charge is 0.762 e. The number of hydrogen-bond acceptors (Lipinski definition) is 5. The fourth-order valence-corrected chi connectivity index (χ4v) is 6.35. The van der Waals surface area contributed by atoms with E-state index in [1.54, 1.807) is 47.0 Å². The van der Waals surface area contributed by atoms with Gasteiger partial charge in [0.1, 0.15) is 6.07 Å². The third-order valence-corrected chi connectivity index (χ3v) is 8.01. The van der Waals surface area contributed by atoms with Crippen LogP contribution in [0.3, 0.4) is 0 Å². The van der Waals surface area contributed by atoms with Crippen LogP contribution in [0.2, 0.25) is 0 Å². The molecule has 2 aliphatic rings. The van der Waals surface area contributed by atoms with Crippen molar-refractivity contribution >= 4 is 57.8 Å². The van der Waals surface area contributed by atoms with Gasteiger partial charge in [0, 0.05) is 11.3 Å². The summed E-state index contributed by atoms with van der Waals surface area (Å²) in [5.41, 5.74) is 2.41. The molecule has 1 aromatic carbocycles. The predicted octanol–water partition coefficient (Wildman–Crippen LogP) is 5.77. The van der Waals surface area contributed by atoms with Crippen LogP contribution in [0.25, 0.3) is 10.3 Å². The van der Waals surface area contributed by atoms with Crippen LogP contribution in [-0.4, -0.2) is 5.87 Å². The van der Waals surface area contributed by atoms with Crippen molar-refractivity contribution in [3.05, 3.63) is 71.1 Å². The van der Waals surface area contributed by atoms with Crippen LogP contribution in [0.5, 0.6) is 0 Å². The van der Waals surface area contributed by atoms with E-state index >= 15 is 0 Å². The van der Waals surface area contributed by atoms with E-state index in [1.807, 2.05) is 24.1 Å². The molecule has 3 rings (SSSR count). The van der Waals surface area contributed by atoms with Crippen molar-refractivity contribution in [2.45, 2.75) is 6.42 Å². The quantitative estimate of drug-likeness (QED) is 0.507. The fourth-order valence-electron chi connectivity index (χ4n) is 1.87. The molecule has 0 radical (unpaired) electrons. The molecular formula is C16H9N2S4-. The van der Waals surface area contributed by atoms with Crippen LogP contribution in [0.4, 0.5) is 0 Å². The zero-order valence-corrected chi connectivity index (χ0v) is 14.5. The molecule has 6 heteroatoms. The van der Waals surface area contributed by atoms with Crippen molar-refractivity contribution in [2.75, 3.05) is 0 Å². The monoisotopic (exact) mass is 357 g/mol. The van der Waals surface area contributed by atoms with E-state index in [2.05, 4.69) is 28.4 Å². The number of nitrogens with zero attached hydrogens (tertiary/aromatic N) is 2. The molecule has 0 bridgehead atoms. The molecule has 0 amide bonds. The number of allylic oxidation sites excluding steroid dienone is 1. The first-order valence-corrected chi connectivity index (χ1v) is 9.78. The van der Waals surface area contributed by atoms with Crippen molar-refractivity contribution in [1.82, 2.24) is 0 Å². The summed E-state index contributed by atoms with van der Waals surface area (Å²) >= 11 is 7.12. The minimum absolute atomic E-state index is 0.243. The Morgan fingerprint density at radius 2 is 1.77 bits per heavy atom. The Morgan fingerprint density at radius 3 is 2.41 bits per heavy atom. The summed E-state index contributed by atoms with van der Waals surface area (Å²) in [6.45, 7) is 0. The summed E-state index contributed by atoms with van der Waals surface area (Å²) in [4.78, 5) is 1.25. The standard InChI is InChI=1S/C16H9N2S4/c17-8-12(9-18)7-11-1-3-13(4-2-11)14-10-21-16(22-14)15-19-5-6-20-15/h1-6,10H,7H2/q-1. The van der Waals surface area contributed by atoms with Gasteiger partial charge in [-0.25, -0.2) is 0 Å². The molecule has 2 nitrogen and oxygen atoms in total. The van der Waals surface area contributed by atoms with Crippen LogP contribution < -0.4 is 0 Å². The molecule has 1 aromatic rings. The summed E-state index contributed by atoms with van der Waals surface area (Å²) in [5, 5.41) is 24.0. The van der Waals surface area contributed by atoms with Crippen LogP contribution in [0, 0.1) is 11.3 Å². The maximum absolute atomic E-state index is 8.81. The highest BCUT2D eigenvalue weighted by Crippen LogP contribution is 2.55. The molecule has 0 spiro atoms. The Hall–Kier alpha value is -1.22. The van der Waals surface area contributed by atoms with Gasteiger partial charge < -0.3 is 5.41 Å². The van der Waals surface area contributed by atoms with Gasteiger partial charge in [-0.2, -0.15) is 5.26 Å². The molecule has 0 saturated carbocycles. The highest BCUT2D eigenvalue weighted by atomic mass is 32.2. The number of rotatable bonds is 3. The Labute approximate surface area is 146 Å². The van der Waals surface area contributed by atoms with Crippen molar-refractivity contribution < 1.29 is 0 Å². The van der Waals surface area contributed by atoms with Crippen molar-refractivity contribution in [2.24, 2.45) is 0 Å².